The number of nitrogens with zero attached hydrogens (tertiary/aromatic N) is 3. The highest BCUT2D eigenvalue weighted by Crippen LogP contribution is 2.46. The van der Waals surface area contributed by atoms with E-state index in [4.69, 9.17) is 4.74 Å². The number of aryl methyl sites for hydroxylation is 1. The predicted molar refractivity (Wildman–Crippen MR) is 131 cm³/mol. The van der Waals surface area contributed by atoms with Crippen LogP contribution in [0.25, 0.3) is 0 Å². The van der Waals surface area contributed by atoms with E-state index < -0.39 is 12.1 Å². The van der Waals surface area contributed by atoms with Gasteiger partial charge in [0.2, 0.25) is 0 Å². The van der Waals surface area contributed by atoms with Crippen molar-refractivity contribution in [1.82, 2.24) is 14.8 Å². The van der Waals surface area contributed by atoms with Gasteiger partial charge in [0.05, 0.1) is 17.8 Å². The Bertz CT molecular complexity index is 1020. The third-order valence-corrected chi connectivity index (χ3v) is 7.98. The van der Waals surface area contributed by atoms with Crippen molar-refractivity contribution in [2.75, 3.05) is 32.8 Å². The summed E-state index contributed by atoms with van der Waals surface area (Å²) in [6.45, 7) is 4.73. The standard InChI is InChI=1S/C26H32F3N3O3S/c1-2-35-24(33)22-16-30-23(36-22)9-6-12-31-13-10-18(11-14-31)17-32(25(34)26(27,28)29)21-15-20(21)19-7-4-3-5-8-19/h3-5,7-8,16,18,20-21H,2,6,9-15,17H2,1H3. The SMILES string of the molecule is CCOC(=O)c1cnc(CCCN2CCC(CN(C(=O)C(F)(F)F)C3CC3c3ccccc3)CC2)s1. The topological polar surface area (TPSA) is 62.7 Å². The van der Waals surface area contributed by atoms with Crippen molar-refractivity contribution in [3.63, 3.8) is 0 Å². The molecular weight excluding hydrogens is 491 g/mol. The van der Waals surface area contributed by atoms with Gasteiger partial charge in [-0.1, -0.05) is 30.3 Å². The number of alkyl halides is 3. The maximum Gasteiger partial charge on any atom is 0.471 e. The van der Waals surface area contributed by atoms with E-state index in [2.05, 4.69) is 9.88 Å². The summed E-state index contributed by atoms with van der Waals surface area (Å²) in [4.78, 5) is 32.3. The van der Waals surface area contributed by atoms with Crippen LogP contribution in [0.2, 0.25) is 0 Å². The number of piperidine rings is 1. The van der Waals surface area contributed by atoms with E-state index >= 15 is 0 Å². The highest BCUT2D eigenvalue weighted by Gasteiger charge is 2.52. The zero-order valence-electron chi connectivity index (χ0n) is 20.4. The minimum Gasteiger partial charge on any atom is -0.462 e. The second kappa shape index (κ2) is 11.7. The van der Waals surface area contributed by atoms with E-state index in [9.17, 15) is 22.8 Å². The number of hydrogen-bond donors (Lipinski definition) is 0. The number of aromatic nitrogens is 1. The van der Waals surface area contributed by atoms with Crippen molar-refractivity contribution in [3.05, 3.63) is 52.0 Å². The second-order valence-corrected chi connectivity index (χ2v) is 10.6. The Morgan fingerprint density at radius 1 is 1.19 bits per heavy atom. The fourth-order valence-electron chi connectivity index (χ4n) is 4.96. The Kier molecular flexibility index (Phi) is 8.66. The molecule has 4 rings (SSSR count). The largest absolute Gasteiger partial charge is 0.471 e. The Morgan fingerprint density at radius 3 is 2.58 bits per heavy atom. The number of rotatable bonds is 10. The lowest BCUT2D eigenvalue weighted by atomic mass is 9.95. The van der Waals surface area contributed by atoms with Gasteiger partial charge in [0.25, 0.3) is 0 Å². The molecule has 2 atom stereocenters. The van der Waals surface area contributed by atoms with Crippen LogP contribution in [0.1, 0.15) is 58.8 Å². The van der Waals surface area contributed by atoms with Crippen LogP contribution in [-0.4, -0.2) is 71.7 Å². The van der Waals surface area contributed by atoms with Gasteiger partial charge in [-0.3, -0.25) is 4.79 Å². The lowest BCUT2D eigenvalue weighted by Gasteiger charge is -2.35. The molecule has 2 heterocycles. The number of esters is 1. The van der Waals surface area contributed by atoms with Gasteiger partial charge in [0.15, 0.2) is 0 Å². The van der Waals surface area contributed by atoms with Gasteiger partial charge < -0.3 is 14.5 Å². The Balaban J connectivity index is 1.24. The normalized spacial score (nSPS) is 20.8. The van der Waals surface area contributed by atoms with Crippen LogP contribution in [0.4, 0.5) is 13.2 Å². The van der Waals surface area contributed by atoms with E-state index in [-0.39, 0.29) is 30.4 Å². The number of halogens is 3. The summed E-state index contributed by atoms with van der Waals surface area (Å²) in [6.07, 6.45) is 0.482. The third kappa shape index (κ3) is 6.85. The van der Waals surface area contributed by atoms with Crippen LogP contribution in [0.3, 0.4) is 0 Å². The Hall–Kier alpha value is -2.46. The molecule has 1 saturated carbocycles. The van der Waals surface area contributed by atoms with E-state index in [0.717, 1.165) is 60.8 Å². The fraction of sp³-hybridized carbons (Fsp3) is 0.577. The third-order valence-electron chi connectivity index (χ3n) is 6.95. The van der Waals surface area contributed by atoms with Crippen molar-refractivity contribution >= 4 is 23.2 Å². The van der Waals surface area contributed by atoms with E-state index in [1.54, 1.807) is 13.1 Å². The first-order valence-corrected chi connectivity index (χ1v) is 13.3. The number of carbonyl (C=O) groups is 2. The average molecular weight is 524 g/mol. The van der Waals surface area contributed by atoms with Gasteiger partial charge in [-0.15, -0.1) is 11.3 Å². The number of ether oxygens (including phenoxy) is 1. The van der Waals surface area contributed by atoms with Gasteiger partial charge in [0.1, 0.15) is 4.88 Å². The second-order valence-electron chi connectivity index (χ2n) is 9.50. The number of hydrogen-bond acceptors (Lipinski definition) is 6. The van der Waals surface area contributed by atoms with E-state index in [1.165, 1.54) is 11.3 Å². The monoisotopic (exact) mass is 523 g/mol. The Morgan fingerprint density at radius 2 is 1.92 bits per heavy atom. The summed E-state index contributed by atoms with van der Waals surface area (Å²) in [6, 6.07) is 9.10. The summed E-state index contributed by atoms with van der Waals surface area (Å²) in [5, 5.41) is 0.895. The van der Waals surface area contributed by atoms with Crippen LogP contribution < -0.4 is 0 Å². The van der Waals surface area contributed by atoms with Crippen molar-refractivity contribution in [2.24, 2.45) is 5.92 Å². The molecule has 0 spiro atoms. The van der Waals surface area contributed by atoms with Gasteiger partial charge >= 0.3 is 18.1 Å². The number of thiazole rings is 1. The van der Waals surface area contributed by atoms with Crippen molar-refractivity contribution in [1.29, 1.82) is 0 Å². The zero-order valence-corrected chi connectivity index (χ0v) is 21.2. The molecule has 0 N–H and O–H groups in total. The van der Waals surface area contributed by atoms with Crippen molar-refractivity contribution in [2.45, 2.75) is 57.2 Å². The van der Waals surface area contributed by atoms with Gasteiger partial charge in [0, 0.05) is 24.9 Å². The fourth-order valence-corrected chi connectivity index (χ4v) is 5.82. The first-order valence-electron chi connectivity index (χ1n) is 12.5. The number of amides is 1. The maximum absolute atomic E-state index is 13.4. The predicted octanol–water partition coefficient (Wildman–Crippen LogP) is 4.91. The minimum atomic E-state index is -4.85. The molecule has 1 aliphatic heterocycles. The number of carbonyl (C=O) groups excluding carboxylic acids is 2. The minimum absolute atomic E-state index is 0.0206. The number of benzene rings is 1. The lowest BCUT2D eigenvalue weighted by Crippen LogP contribution is -2.47. The summed E-state index contributed by atoms with van der Waals surface area (Å²) in [7, 11) is 0. The maximum atomic E-state index is 13.4. The molecule has 36 heavy (non-hydrogen) atoms. The van der Waals surface area contributed by atoms with E-state index in [1.807, 2.05) is 30.3 Å². The molecule has 2 aliphatic rings. The molecule has 196 valence electrons. The summed E-state index contributed by atoms with van der Waals surface area (Å²) >= 11 is 1.35. The molecule has 0 radical (unpaired) electrons. The summed E-state index contributed by atoms with van der Waals surface area (Å²) < 4.78 is 45.1. The summed E-state index contributed by atoms with van der Waals surface area (Å²) in [5.74, 6) is -2.01. The molecule has 1 aliphatic carbocycles. The van der Waals surface area contributed by atoms with Gasteiger partial charge in [-0.2, -0.15) is 13.2 Å². The summed E-state index contributed by atoms with van der Waals surface area (Å²) in [5.41, 5.74) is 0.993. The van der Waals surface area contributed by atoms with E-state index in [0.29, 0.717) is 17.9 Å². The van der Waals surface area contributed by atoms with Crippen molar-refractivity contribution in [3.8, 4) is 0 Å². The molecule has 6 nitrogen and oxygen atoms in total. The molecule has 1 aromatic carbocycles. The molecule has 2 unspecified atom stereocenters. The lowest BCUT2D eigenvalue weighted by molar-refractivity contribution is -0.187. The highest BCUT2D eigenvalue weighted by atomic mass is 32.1. The van der Waals surface area contributed by atoms with Gasteiger partial charge in [-0.05, 0) is 63.7 Å². The Labute approximate surface area is 213 Å². The molecule has 2 fully saturated rings. The average Bonchev–Trinajstić information content (AvgIpc) is 3.52. The van der Waals surface area contributed by atoms with Crippen LogP contribution in [0.15, 0.2) is 36.5 Å². The molecule has 1 aromatic heterocycles. The van der Waals surface area contributed by atoms with Crippen LogP contribution in [0, 0.1) is 5.92 Å². The molecular formula is C26H32F3N3O3S. The van der Waals surface area contributed by atoms with Crippen LogP contribution in [-0.2, 0) is 16.0 Å². The van der Waals surface area contributed by atoms with Crippen molar-refractivity contribution < 1.29 is 27.5 Å². The zero-order chi connectivity index (χ0) is 25.7. The smallest absolute Gasteiger partial charge is 0.462 e. The van der Waals surface area contributed by atoms with Crippen LogP contribution in [0.5, 0.6) is 0 Å². The van der Waals surface area contributed by atoms with Gasteiger partial charge in [-0.25, -0.2) is 9.78 Å². The molecule has 1 saturated heterocycles. The molecule has 2 aromatic rings. The first-order chi connectivity index (χ1) is 17.3. The molecule has 10 heteroatoms. The van der Waals surface area contributed by atoms with Crippen LogP contribution >= 0.6 is 11.3 Å². The molecule has 0 bridgehead atoms. The quantitative estimate of drug-likeness (QED) is 0.414. The first kappa shape index (κ1) is 26.6. The number of likely N-dealkylation sites (tertiary alicyclic amines) is 1. The molecule has 1 amide bonds. The highest BCUT2D eigenvalue weighted by molar-refractivity contribution is 7.13.